The monoisotopic (exact) mass is 401 g/mol. The van der Waals surface area contributed by atoms with Crippen LogP contribution in [-0.2, 0) is 6.54 Å². The molecule has 0 aliphatic heterocycles. The number of hydrogen-bond acceptors (Lipinski definition) is 3. The molecule has 3 aromatic rings. The number of rotatable bonds is 6. The van der Waals surface area contributed by atoms with E-state index < -0.39 is 0 Å². The molecule has 0 spiro atoms. The highest BCUT2D eigenvalue weighted by Gasteiger charge is 2.24. The van der Waals surface area contributed by atoms with Crippen LogP contribution in [0, 0.1) is 12.7 Å². The van der Waals surface area contributed by atoms with Gasteiger partial charge in [-0.2, -0.15) is 5.10 Å². The molecule has 0 aliphatic rings. The van der Waals surface area contributed by atoms with Gasteiger partial charge in [0.1, 0.15) is 16.7 Å². The molecule has 1 amide bonds. The lowest BCUT2D eigenvalue weighted by molar-refractivity contribution is 0.0784. The van der Waals surface area contributed by atoms with Gasteiger partial charge in [0, 0.05) is 13.6 Å². The topological polar surface area (TPSA) is 47.4 Å². The van der Waals surface area contributed by atoms with Gasteiger partial charge in [0.05, 0.1) is 23.6 Å². The first-order chi connectivity index (χ1) is 13.4. The summed E-state index contributed by atoms with van der Waals surface area (Å²) >= 11 is 6.44. The predicted molar refractivity (Wildman–Crippen MR) is 107 cm³/mol. The molecule has 0 radical (unpaired) electrons. The number of carbonyl (C=O) groups is 1. The average molecular weight is 402 g/mol. The Bertz CT molecular complexity index is 969. The highest BCUT2D eigenvalue weighted by molar-refractivity contribution is 6.33. The summed E-state index contributed by atoms with van der Waals surface area (Å²) in [5, 5.41) is 4.55. The summed E-state index contributed by atoms with van der Waals surface area (Å²) in [4.78, 5) is 14.5. The summed E-state index contributed by atoms with van der Waals surface area (Å²) in [6, 6.07) is 13.4. The highest BCUT2D eigenvalue weighted by atomic mass is 35.5. The van der Waals surface area contributed by atoms with Crippen molar-refractivity contribution in [1.82, 2.24) is 14.7 Å². The molecule has 1 aromatic heterocycles. The summed E-state index contributed by atoms with van der Waals surface area (Å²) in [7, 11) is 1.71. The molecule has 3 rings (SSSR count). The van der Waals surface area contributed by atoms with Gasteiger partial charge in [-0.1, -0.05) is 23.7 Å². The zero-order chi connectivity index (χ0) is 20.3. The second-order valence-electron chi connectivity index (χ2n) is 6.38. The minimum Gasteiger partial charge on any atom is -0.494 e. The van der Waals surface area contributed by atoms with E-state index in [1.807, 2.05) is 31.2 Å². The fourth-order valence-electron chi connectivity index (χ4n) is 2.89. The van der Waals surface area contributed by atoms with Gasteiger partial charge in [0.25, 0.3) is 5.91 Å². The Kier molecular flexibility index (Phi) is 5.99. The number of hydrogen-bond donors (Lipinski definition) is 0. The molecule has 1 heterocycles. The number of benzene rings is 2. The molecule has 0 saturated heterocycles. The van der Waals surface area contributed by atoms with Gasteiger partial charge < -0.3 is 9.64 Å². The Balaban J connectivity index is 1.80. The van der Waals surface area contributed by atoms with Crippen LogP contribution in [0.1, 0.15) is 28.5 Å². The van der Waals surface area contributed by atoms with Crippen molar-refractivity contribution in [2.24, 2.45) is 0 Å². The molecule has 0 atom stereocenters. The quantitative estimate of drug-likeness (QED) is 0.604. The fourth-order valence-corrected chi connectivity index (χ4v) is 3.24. The van der Waals surface area contributed by atoms with E-state index in [-0.39, 0.29) is 16.9 Å². The SMILES string of the molecule is CCOc1ccc(CN(C)C(=O)c2c(C)nn(-c3ccc(F)cc3)c2Cl)cc1. The van der Waals surface area contributed by atoms with Gasteiger partial charge in [-0.25, -0.2) is 9.07 Å². The van der Waals surface area contributed by atoms with Gasteiger partial charge >= 0.3 is 0 Å². The van der Waals surface area contributed by atoms with Crippen molar-refractivity contribution < 1.29 is 13.9 Å². The lowest BCUT2D eigenvalue weighted by Crippen LogP contribution is -2.26. The van der Waals surface area contributed by atoms with Crippen LogP contribution in [0.4, 0.5) is 4.39 Å². The van der Waals surface area contributed by atoms with Crippen molar-refractivity contribution in [3.63, 3.8) is 0 Å². The zero-order valence-corrected chi connectivity index (χ0v) is 16.7. The summed E-state index contributed by atoms with van der Waals surface area (Å²) < 4.78 is 20.0. The van der Waals surface area contributed by atoms with Crippen LogP contribution in [0.3, 0.4) is 0 Å². The molecule has 146 valence electrons. The van der Waals surface area contributed by atoms with Crippen LogP contribution in [0.25, 0.3) is 5.69 Å². The van der Waals surface area contributed by atoms with Gasteiger partial charge in [-0.3, -0.25) is 4.79 Å². The van der Waals surface area contributed by atoms with Gasteiger partial charge in [0.15, 0.2) is 0 Å². The number of halogens is 2. The first kappa shape index (κ1) is 19.9. The second-order valence-corrected chi connectivity index (χ2v) is 6.74. The lowest BCUT2D eigenvalue weighted by Gasteiger charge is -2.17. The number of aryl methyl sites for hydroxylation is 1. The number of nitrogens with zero attached hydrogens (tertiary/aromatic N) is 3. The molecule has 2 aromatic carbocycles. The number of carbonyl (C=O) groups excluding carboxylic acids is 1. The third-order valence-corrected chi connectivity index (χ3v) is 4.64. The van der Waals surface area contributed by atoms with Gasteiger partial charge in [0.2, 0.25) is 0 Å². The molecule has 7 heteroatoms. The number of ether oxygens (including phenoxy) is 1. The Morgan fingerprint density at radius 2 is 1.82 bits per heavy atom. The van der Waals surface area contributed by atoms with Crippen LogP contribution < -0.4 is 4.74 Å². The van der Waals surface area contributed by atoms with E-state index in [1.54, 1.807) is 31.0 Å². The normalized spacial score (nSPS) is 10.8. The zero-order valence-electron chi connectivity index (χ0n) is 15.9. The van der Waals surface area contributed by atoms with Crippen molar-refractivity contribution in [2.75, 3.05) is 13.7 Å². The van der Waals surface area contributed by atoms with Crippen LogP contribution in [0.15, 0.2) is 48.5 Å². The Labute approximate surface area is 168 Å². The second kappa shape index (κ2) is 8.44. The minimum absolute atomic E-state index is 0.202. The van der Waals surface area contributed by atoms with Crippen LogP contribution >= 0.6 is 11.6 Å². The van der Waals surface area contributed by atoms with Crippen molar-refractivity contribution in [3.8, 4) is 11.4 Å². The smallest absolute Gasteiger partial charge is 0.258 e. The highest BCUT2D eigenvalue weighted by Crippen LogP contribution is 2.25. The van der Waals surface area contributed by atoms with E-state index in [0.717, 1.165) is 11.3 Å². The molecular weight excluding hydrogens is 381 g/mol. The predicted octanol–water partition coefficient (Wildman–Crippen LogP) is 4.64. The van der Waals surface area contributed by atoms with Gasteiger partial charge in [-0.05, 0) is 55.8 Å². The van der Waals surface area contributed by atoms with Crippen LogP contribution in [-0.4, -0.2) is 34.2 Å². The lowest BCUT2D eigenvalue weighted by atomic mass is 10.2. The van der Waals surface area contributed by atoms with E-state index in [1.165, 1.54) is 16.8 Å². The molecule has 0 saturated carbocycles. The van der Waals surface area contributed by atoms with Crippen LogP contribution in [0.5, 0.6) is 5.75 Å². The molecule has 0 aliphatic carbocycles. The first-order valence-corrected chi connectivity index (χ1v) is 9.26. The third kappa shape index (κ3) is 4.17. The molecular formula is C21H21ClFN3O2. The Morgan fingerprint density at radius 3 is 2.43 bits per heavy atom. The molecule has 0 bridgehead atoms. The summed E-state index contributed by atoms with van der Waals surface area (Å²) in [5.74, 6) is 0.208. The van der Waals surface area contributed by atoms with Crippen molar-refractivity contribution in [3.05, 3.63) is 76.3 Å². The summed E-state index contributed by atoms with van der Waals surface area (Å²) in [5.41, 5.74) is 2.40. The average Bonchev–Trinajstić information content (AvgIpc) is 2.97. The number of amides is 1. The van der Waals surface area contributed by atoms with E-state index in [4.69, 9.17) is 16.3 Å². The Hall–Kier alpha value is -2.86. The standard InChI is InChI=1S/C21H21ClFN3O2/c1-4-28-18-11-5-15(6-12-18)13-25(3)21(27)19-14(2)24-26(20(19)22)17-9-7-16(23)8-10-17/h5-12H,4,13H2,1-3H3. The van der Waals surface area contributed by atoms with Crippen LogP contribution in [0.2, 0.25) is 5.15 Å². The van der Waals surface area contributed by atoms with E-state index in [2.05, 4.69) is 5.10 Å². The maximum absolute atomic E-state index is 13.2. The van der Waals surface area contributed by atoms with Crippen molar-refractivity contribution >= 4 is 17.5 Å². The Morgan fingerprint density at radius 1 is 1.18 bits per heavy atom. The summed E-state index contributed by atoms with van der Waals surface area (Å²) in [6.07, 6.45) is 0. The molecule has 5 nitrogen and oxygen atoms in total. The molecule has 0 unspecified atom stereocenters. The van der Waals surface area contributed by atoms with Crippen molar-refractivity contribution in [1.29, 1.82) is 0 Å². The third-order valence-electron chi connectivity index (χ3n) is 4.29. The maximum Gasteiger partial charge on any atom is 0.258 e. The van der Waals surface area contributed by atoms with Gasteiger partial charge in [-0.15, -0.1) is 0 Å². The fraction of sp³-hybridized carbons (Fsp3) is 0.238. The first-order valence-electron chi connectivity index (χ1n) is 8.89. The van der Waals surface area contributed by atoms with E-state index in [0.29, 0.717) is 30.1 Å². The van der Waals surface area contributed by atoms with E-state index >= 15 is 0 Å². The molecule has 0 fully saturated rings. The minimum atomic E-state index is -0.352. The maximum atomic E-state index is 13.2. The largest absolute Gasteiger partial charge is 0.494 e. The molecule has 28 heavy (non-hydrogen) atoms. The van der Waals surface area contributed by atoms with E-state index in [9.17, 15) is 9.18 Å². The number of aromatic nitrogens is 2. The molecule has 0 N–H and O–H groups in total. The van der Waals surface area contributed by atoms with Crippen molar-refractivity contribution in [2.45, 2.75) is 20.4 Å². The summed E-state index contributed by atoms with van der Waals surface area (Å²) in [6.45, 7) is 4.68.